The molecule has 0 saturated heterocycles. The van der Waals surface area contributed by atoms with Crippen LogP contribution in [0.1, 0.15) is 15.9 Å². The van der Waals surface area contributed by atoms with Crippen molar-refractivity contribution in [2.75, 3.05) is 7.11 Å². The van der Waals surface area contributed by atoms with E-state index in [1.54, 1.807) is 7.11 Å². The van der Waals surface area contributed by atoms with Crippen LogP contribution in [0.3, 0.4) is 0 Å². The summed E-state index contributed by atoms with van der Waals surface area (Å²) in [6.45, 7) is 0.621. The zero-order valence-electron chi connectivity index (χ0n) is 11.5. The van der Waals surface area contributed by atoms with Crippen molar-refractivity contribution in [2.24, 2.45) is 0 Å². The molecule has 0 radical (unpaired) electrons. The highest BCUT2D eigenvalue weighted by Gasteiger charge is 2.16. The molecule has 0 spiro atoms. The highest BCUT2D eigenvalue weighted by molar-refractivity contribution is 6.34. The maximum atomic E-state index is 11.4. The fourth-order valence-corrected chi connectivity index (χ4v) is 2.79. The lowest BCUT2D eigenvalue weighted by atomic mass is 10.2. The molecule has 21 heavy (non-hydrogen) atoms. The van der Waals surface area contributed by atoms with Gasteiger partial charge in [-0.2, -0.15) is 0 Å². The second kappa shape index (κ2) is 5.62. The average molecular weight is 300 g/mol. The number of carbonyl (C=O) groups excluding carboxylic acids is 1. The normalized spacial score (nSPS) is 10.8. The molecule has 2 aromatic carbocycles. The number of aromatic nitrogens is 1. The largest absolute Gasteiger partial charge is 0.497 e. The topological polar surface area (TPSA) is 31.2 Å². The summed E-state index contributed by atoms with van der Waals surface area (Å²) in [6.07, 6.45) is 0.797. The number of hydrogen-bond acceptors (Lipinski definition) is 2. The first-order valence-corrected chi connectivity index (χ1v) is 6.97. The Labute approximate surface area is 127 Å². The summed E-state index contributed by atoms with van der Waals surface area (Å²) in [4.78, 5) is 11.4. The zero-order chi connectivity index (χ0) is 14.8. The van der Waals surface area contributed by atoms with Crippen LogP contribution in [-0.2, 0) is 6.54 Å². The van der Waals surface area contributed by atoms with Crippen molar-refractivity contribution in [2.45, 2.75) is 6.54 Å². The summed E-state index contributed by atoms with van der Waals surface area (Å²) < 4.78 is 7.16. The summed E-state index contributed by atoms with van der Waals surface area (Å²) >= 11 is 6.39. The van der Waals surface area contributed by atoms with Gasteiger partial charge in [-0.1, -0.05) is 41.9 Å². The lowest BCUT2D eigenvalue weighted by molar-refractivity contribution is 0.112. The van der Waals surface area contributed by atoms with Crippen LogP contribution in [0.4, 0.5) is 0 Å². The highest BCUT2D eigenvalue weighted by Crippen LogP contribution is 2.32. The number of nitrogens with zero attached hydrogens (tertiary/aromatic N) is 1. The van der Waals surface area contributed by atoms with E-state index >= 15 is 0 Å². The van der Waals surface area contributed by atoms with Crippen molar-refractivity contribution >= 4 is 28.8 Å². The summed E-state index contributed by atoms with van der Waals surface area (Å²) in [5.74, 6) is 0.708. The molecule has 0 aliphatic heterocycles. The van der Waals surface area contributed by atoms with Crippen LogP contribution >= 0.6 is 11.6 Å². The highest BCUT2D eigenvalue weighted by atomic mass is 35.5. The summed E-state index contributed by atoms with van der Waals surface area (Å²) in [7, 11) is 1.60. The Kier molecular flexibility index (Phi) is 3.67. The fraction of sp³-hybridized carbons (Fsp3) is 0.118. The lowest BCUT2D eigenvalue weighted by Crippen LogP contribution is -1.99. The van der Waals surface area contributed by atoms with Crippen LogP contribution in [0.5, 0.6) is 5.75 Å². The van der Waals surface area contributed by atoms with E-state index in [0.29, 0.717) is 23.0 Å². The molecule has 3 nitrogen and oxygen atoms in total. The van der Waals surface area contributed by atoms with Gasteiger partial charge >= 0.3 is 0 Å². The number of benzene rings is 2. The average Bonchev–Trinajstić information content (AvgIpc) is 2.79. The Hall–Kier alpha value is -2.26. The predicted octanol–water partition coefficient (Wildman–Crippen LogP) is 4.16. The van der Waals surface area contributed by atoms with Crippen LogP contribution in [0.15, 0.2) is 48.5 Å². The first kappa shape index (κ1) is 13.7. The van der Waals surface area contributed by atoms with Gasteiger partial charge in [0.25, 0.3) is 0 Å². The number of aldehydes is 1. The van der Waals surface area contributed by atoms with Crippen LogP contribution < -0.4 is 4.74 Å². The van der Waals surface area contributed by atoms with E-state index in [0.717, 1.165) is 22.8 Å². The number of methoxy groups -OCH3 is 1. The molecular weight excluding hydrogens is 286 g/mol. The van der Waals surface area contributed by atoms with Crippen molar-refractivity contribution in [3.8, 4) is 5.75 Å². The van der Waals surface area contributed by atoms with E-state index in [9.17, 15) is 4.79 Å². The molecule has 0 atom stereocenters. The third kappa shape index (κ3) is 2.41. The van der Waals surface area contributed by atoms with Gasteiger partial charge in [0.15, 0.2) is 6.29 Å². The third-order valence-electron chi connectivity index (χ3n) is 3.55. The first-order chi connectivity index (χ1) is 10.2. The van der Waals surface area contributed by atoms with E-state index in [-0.39, 0.29) is 0 Å². The molecule has 0 unspecified atom stereocenters. The number of hydrogen-bond donors (Lipinski definition) is 0. The Bertz CT molecular complexity index is 793. The summed E-state index contributed by atoms with van der Waals surface area (Å²) in [5.41, 5.74) is 2.55. The standard InChI is InChI=1S/C17H14ClNO2/c1-21-13-7-8-16-14(9-13)15(11-20)17(18)19(16)10-12-5-3-2-4-6-12/h2-9,11H,10H2,1H3. The maximum Gasteiger partial charge on any atom is 0.153 e. The minimum atomic E-state index is 0.456. The van der Waals surface area contributed by atoms with E-state index in [1.807, 2.05) is 53.1 Å². The molecule has 0 aliphatic rings. The third-order valence-corrected chi connectivity index (χ3v) is 3.95. The molecule has 106 valence electrons. The van der Waals surface area contributed by atoms with E-state index in [1.165, 1.54) is 0 Å². The van der Waals surface area contributed by atoms with Crippen LogP contribution in [-0.4, -0.2) is 18.0 Å². The quantitative estimate of drug-likeness (QED) is 0.677. The van der Waals surface area contributed by atoms with Gasteiger partial charge in [0.2, 0.25) is 0 Å². The molecular formula is C17H14ClNO2. The molecule has 0 amide bonds. The molecule has 0 N–H and O–H groups in total. The smallest absolute Gasteiger partial charge is 0.153 e. The molecule has 0 aliphatic carbocycles. The Morgan fingerprint density at radius 3 is 2.62 bits per heavy atom. The van der Waals surface area contributed by atoms with Gasteiger partial charge in [-0.3, -0.25) is 4.79 Å². The van der Waals surface area contributed by atoms with Crippen molar-refractivity contribution in [3.05, 3.63) is 64.8 Å². The van der Waals surface area contributed by atoms with E-state index in [2.05, 4.69) is 0 Å². The van der Waals surface area contributed by atoms with Crippen molar-refractivity contribution < 1.29 is 9.53 Å². The molecule has 0 saturated carbocycles. The number of fused-ring (bicyclic) bond motifs is 1. The monoisotopic (exact) mass is 299 g/mol. The number of ether oxygens (including phenoxy) is 1. The fourth-order valence-electron chi connectivity index (χ4n) is 2.49. The Morgan fingerprint density at radius 1 is 1.19 bits per heavy atom. The van der Waals surface area contributed by atoms with Crippen molar-refractivity contribution in [3.63, 3.8) is 0 Å². The second-order valence-electron chi connectivity index (χ2n) is 4.78. The van der Waals surface area contributed by atoms with Gasteiger partial charge in [-0.25, -0.2) is 0 Å². The lowest BCUT2D eigenvalue weighted by Gasteiger charge is -2.07. The van der Waals surface area contributed by atoms with E-state index in [4.69, 9.17) is 16.3 Å². The maximum absolute atomic E-state index is 11.4. The van der Waals surface area contributed by atoms with Gasteiger partial charge in [-0.05, 0) is 23.8 Å². The minimum Gasteiger partial charge on any atom is -0.497 e. The van der Waals surface area contributed by atoms with E-state index < -0.39 is 0 Å². The minimum absolute atomic E-state index is 0.456. The van der Waals surface area contributed by atoms with Crippen LogP contribution in [0, 0.1) is 0 Å². The first-order valence-electron chi connectivity index (χ1n) is 6.59. The molecule has 3 aromatic rings. The Balaban J connectivity index is 2.18. The molecule has 0 bridgehead atoms. The summed E-state index contributed by atoms with van der Waals surface area (Å²) in [6, 6.07) is 15.6. The van der Waals surface area contributed by atoms with Gasteiger partial charge in [0.05, 0.1) is 18.2 Å². The number of rotatable bonds is 4. The molecule has 3 rings (SSSR count). The molecule has 0 fully saturated rings. The Morgan fingerprint density at radius 2 is 1.95 bits per heavy atom. The number of halogens is 1. The predicted molar refractivity (Wildman–Crippen MR) is 84.4 cm³/mol. The molecule has 1 aromatic heterocycles. The van der Waals surface area contributed by atoms with Crippen molar-refractivity contribution in [1.29, 1.82) is 0 Å². The van der Waals surface area contributed by atoms with Crippen LogP contribution in [0.25, 0.3) is 10.9 Å². The van der Waals surface area contributed by atoms with Crippen molar-refractivity contribution in [1.82, 2.24) is 4.57 Å². The molecule has 1 heterocycles. The van der Waals surface area contributed by atoms with Crippen LogP contribution in [0.2, 0.25) is 5.15 Å². The molecule has 4 heteroatoms. The second-order valence-corrected chi connectivity index (χ2v) is 5.14. The SMILES string of the molecule is COc1ccc2c(c1)c(C=O)c(Cl)n2Cc1ccccc1. The zero-order valence-corrected chi connectivity index (χ0v) is 12.3. The van der Waals surface area contributed by atoms with Gasteiger partial charge in [0.1, 0.15) is 10.9 Å². The summed E-state index contributed by atoms with van der Waals surface area (Å²) in [5, 5.41) is 1.27. The van der Waals surface area contributed by atoms with Gasteiger partial charge in [-0.15, -0.1) is 0 Å². The van der Waals surface area contributed by atoms with Gasteiger partial charge < -0.3 is 9.30 Å². The number of carbonyl (C=O) groups is 1. The van der Waals surface area contributed by atoms with Gasteiger partial charge in [0, 0.05) is 11.9 Å².